The summed E-state index contributed by atoms with van der Waals surface area (Å²) >= 11 is 0. The van der Waals surface area contributed by atoms with Crippen LogP contribution in [0.4, 0.5) is 0 Å². The Morgan fingerprint density at radius 3 is 1.41 bits per heavy atom. The Bertz CT molecular complexity index is 997. The largest absolute Gasteiger partial charge is 0.468 e. The van der Waals surface area contributed by atoms with Crippen LogP contribution in [-0.4, -0.2) is 39.7 Å². The fourth-order valence-corrected chi connectivity index (χ4v) is 6.96. The van der Waals surface area contributed by atoms with E-state index >= 15 is 0 Å². The van der Waals surface area contributed by atoms with E-state index in [2.05, 4.69) is 0 Å². The molecule has 9 heteroatoms. The molecule has 0 aromatic heterocycles. The van der Waals surface area contributed by atoms with Gasteiger partial charge in [-0.15, -0.1) is 0 Å². The summed E-state index contributed by atoms with van der Waals surface area (Å²) < 4.78 is 58.8. The van der Waals surface area contributed by atoms with Crippen molar-refractivity contribution in [2.75, 3.05) is 7.11 Å². The van der Waals surface area contributed by atoms with Gasteiger partial charge in [-0.3, -0.25) is 4.79 Å². The molecule has 0 aliphatic rings. The van der Waals surface area contributed by atoms with Gasteiger partial charge in [0.25, 0.3) is 20.0 Å². The highest BCUT2D eigenvalue weighted by atomic mass is 32.3. The van der Waals surface area contributed by atoms with E-state index in [4.69, 9.17) is 4.74 Å². The maximum atomic E-state index is 13.4. The molecule has 7 nitrogen and oxygen atoms in total. The summed E-state index contributed by atoms with van der Waals surface area (Å²) in [7, 11) is -8.09. The van der Waals surface area contributed by atoms with Gasteiger partial charge in [0, 0.05) is 0 Å². The molecule has 2 aromatic rings. The Balaban J connectivity index is 2.79. The fraction of sp³-hybridized carbons (Fsp3) is 0.350. The van der Waals surface area contributed by atoms with E-state index in [1.165, 1.54) is 24.3 Å². The number of hydrogen-bond donors (Lipinski definition) is 0. The zero-order valence-corrected chi connectivity index (χ0v) is 18.6. The molecule has 0 N–H and O–H groups in total. The number of benzene rings is 2. The van der Waals surface area contributed by atoms with Gasteiger partial charge in [-0.25, -0.2) is 16.8 Å². The van der Waals surface area contributed by atoms with Crippen LogP contribution in [0.3, 0.4) is 0 Å². The summed E-state index contributed by atoms with van der Waals surface area (Å²) in [6.45, 7) is 6.68. The number of ether oxygens (including phenoxy) is 1. The molecular weight excluding hydrogens is 414 g/mol. The molecule has 0 aliphatic heterocycles. The van der Waals surface area contributed by atoms with E-state index < -0.39 is 38.0 Å². The Morgan fingerprint density at radius 1 is 0.793 bits per heavy atom. The van der Waals surface area contributed by atoms with Crippen LogP contribution in [0.5, 0.6) is 0 Å². The van der Waals surface area contributed by atoms with Gasteiger partial charge in [-0.1, -0.05) is 53.0 Å². The molecule has 29 heavy (non-hydrogen) atoms. The van der Waals surface area contributed by atoms with Gasteiger partial charge >= 0.3 is 5.97 Å². The van der Waals surface area contributed by atoms with E-state index in [1.54, 1.807) is 52.0 Å². The molecule has 0 spiro atoms. The molecule has 0 fully saturated rings. The summed E-state index contributed by atoms with van der Waals surface area (Å²) in [6, 6.07) is 9.95. The molecular formula is C20H25NO6S2. The van der Waals surface area contributed by atoms with Crippen molar-refractivity contribution in [2.45, 2.75) is 43.5 Å². The quantitative estimate of drug-likeness (QED) is 0.615. The van der Waals surface area contributed by atoms with E-state index in [-0.39, 0.29) is 13.5 Å². The third-order valence-electron chi connectivity index (χ3n) is 4.41. The van der Waals surface area contributed by atoms with E-state index in [0.29, 0.717) is 0 Å². The summed E-state index contributed by atoms with van der Waals surface area (Å²) in [5, 5.41) is 0. The third kappa shape index (κ3) is 4.68. The van der Waals surface area contributed by atoms with E-state index in [0.717, 1.165) is 18.2 Å². The molecule has 0 aliphatic carbocycles. The van der Waals surface area contributed by atoms with Crippen molar-refractivity contribution in [3.05, 3.63) is 59.7 Å². The Labute approximate surface area is 172 Å². The number of carbonyl (C=O) groups is 1. The van der Waals surface area contributed by atoms with Crippen molar-refractivity contribution in [3.8, 4) is 0 Å². The standard InChI is InChI=1S/C20H25NO6S2/c1-14(2)19(20(22)27-5)21(28(23,24)17-10-6-15(3)7-11-17)29(25,26)18-12-8-16(4)9-13-18/h6-14,19H,1-5H3. The number of esters is 1. The maximum Gasteiger partial charge on any atom is 0.325 e. The molecule has 0 radical (unpaired) electrons. The second-order valence-corrected chi connectivity index (χ2v) is 10.9. The predicted molar refractivity (Wildman–Crippen MR) is 109 cm³/mol. The van der Waals surface area contributed by atoms with Gasteiger partial charge in [0.05, 0.1) is 16.9 Å². The van der Waals surface area contributed by atoms with Gasteiger partial charge in [-0.05, 0) is 44.0 Å². The number of hydrogen-bond acceptors (Lipinski definition) is 6. The lowest BCUT2D eigenvalue weighted by Crippen LogP contribution is -2.51. The van der Waals surface area contributed by atoms with Crippen LogP contribution in [0, 0.1) is 19.8 Å². The number of carbonyl (C=O) groups excluding carboxylic acids is 1. The average molecular weight is 440 g/mol. The van der Waals surface area contributed by atoms with Crippen LogP contribution in [0.25, 0.3) is 0 Å². The highest BCUT2D eigenvalue weighted by Gasteiger charge is 2.47. The van der Waals surface area contributed by atoms with Crippen molar-refractivity contribution in [1.29, 1.82) is 0 Å². The lowest BCUT2D eigenvalue weighted by Gasteiger charge is -2.30. The minimum absolute atomic E-state index is 0.228. The number of rotatable bonds is 7. The third-order valence-corrected chi connectivity index (χ3v) is 8.73. The van der Waals surface area contributed by atoms with Crippen LogP contribution in [0.15, 0.2) is 58.3 Å². The Kier molecular flexibility index (Phi) is 6.87. The predicted octanol–water partition coefficient (Wildman–Crippen LogP) is 2.88. The molecule has 0 amide bonds. The molecule has 1 atom stereocenters. The van der Waals surface area contributed by atoms with E-state index in [1.807, 2.05) is 0 Å². The highest BCUT2D eigenvalue weighted by Crippen LogP contribution is 2.30. The lowest BCUT2D eigenvalue weighted by molar-refractivity contribution is -0.145. The van der Waals surface area contributed by atoms with Crippen molar-refractivity contribution in [2.24, 2.45) is 5.92 Å². The summed E-state index contributed by atoms with van der Waals surface area (Å²) in [4.78, 5) is 12.0. The zero-order valence-electron chi connectivity index (χ0n) is 17.0. The first-order valence-corrected chi connectivity index (χ1v) is 11.8. The van der Waals surface area contributed by atoms with Gasteiger partial charge < -0.3 is 4.74 Å². The molecule has 0 heterocycles. The average Bonchev–Trinajstić information content (AvgIpc) is 2.65. The van der Waals surface area contributed by atoms with Gasteiger partial charge in [0.1, 0.15) is 6.04 Å². The first-order chi connectivity index (χ1) is 13.4. The van der Waals surface area contributed by atoms with Crippen molar-refractivity contribution < 1.29 is 26.4 Å². The first kappa shape index (κ1) is 23.1. The zero-order chi connectivity index (χ0) is 22.0. The molecule has 158 valence electrons. The highest BCUT2D eigenvalue weighted by molar-refractivity contribution is 8.04. The van der Waals surface area contributed by atoms with Crippen molar-refractivity contribution in [1.82, 2.24) is 3.71 Å². The van der Waals surface area contributed by atoms with Crippen LogP contribution < -0.4 is 0 Å². The fourth-order valence-electron chi connectivity index (χ4n) is 2.78. The Morgan fingerprint density at radius 2 is 1.14 bits per heavy atom. The first-order valence-electron chi connectivity index (χ1n) is 8.93. The van der Waals surface area contributed by atoms with Crippen molar-refractivity contribution in [3.63, 3.8) is 0 Å². The second kappa shape index (κ2) is 8.64. The van der Waals surface area contributed by atoms with Crippen LogP contribution in [0.2, 0.25) is 0 Å². The van der Waals surface area contributed by atoms with Gasteiger partial charge in [0.15, 0.2) is 0 Å². The number of nitrogens with zero attached hydrogens (tertiary/aromatic N) is 1. The van der Waals surface area contributed by atoms with Crippen LogP contribution >= 0.6 is 0 Å². The second-order valence-electron chi connectivity index (χ2n) is 7.07. The van der Waals surface area contributed by atoms with Crippen LogP contribution in [-0.2, 0) is 29.6 Å². The normalized spacial score (nSPS) is 13.5. The van der Waals surface area contributed by atoms with Crippen LogP contribution in [0.1, 0.15) is 25.0 Å². The minimum Gasteiger partial charge on any atom is -0.468 e. The summed E-state index contributed by atoms with van der Waals surface area (Å²) in [5.74, 6) is -1.62. The van der Waals surface area contributed by atoms with E-state index in [9.17, 15) is 21.6 Å². The maximum absolute atomic E-state index is 13.4. The summed E-state index contributed by atoms with van der Waals surface area (Å²) in [5.41, 5.74) is 1.62. The topological polar surface area (TPSA) is 97.8 Å². The van der Waals surface area contributed by atoms with Gasteiger partial charge in [-0.2, -0.15) is 0 Å². The monoisotopic (exact) mass is 439 g/mol. The number of sulfonamides is 2. The number of aryl methyl sites for hydroxylation is 2. The molecule has 0 bridgehead atoms. The lowest BCUT2D eigenvalue weighted by atomic mass is 10.1. The molecule has 2 aromatic carbocycles. The van der Waals surface area contributed by atoms with Gasteiger partial charge in [0.2, 0.25) is 0 Å². The SMILES string of the molecule is COC(=O)C(C(C)C)N(S(=O)(=O)c1ccc(C)cc1)S(=O)(=O)c1ccc(C)cc1. The molecule has 0 saturated carbocycles. The summed E-state index contributed by atoms with van der Waals surface area (Å²) in [6.07, 6.45) is 0. The number of methoxy groups -OCH3 is 1. The molecule has 0 saturated heterocycles. The Hall–Kier alpha value is -2.23. The van der Waals surface area contributed by atoms with Crippen molar-refractivity contribution >= 4 is 26.0 Å². The minimum atomic E-state index is -4.59. The smallest absolute Gasteiger partial charge is 0.325 e. The molecule has 2 rings (SSSR count). The molecule has 1 unspecified atom stereocenters.